The molecule has 1 aliphatic carbocycles. The number of carbonyl (C=O) groups is 2. The fourth-order valence-electron chi connectivity index (χ4n) is 4.43. The first-order valence-electron chi connectivity index (χ1n) is 11.6. The van der Waals surface area contributed by atoms with E-state index < -0.39 is 0 Å². The van der Waals surface area contributed by atoms with Gasteiger partial charge in [-0.2, -0.15) is 0 Å². The molecule has 0 radical (unpaired) electrons. The number of aryl methyl sites for hydroxylation is 1. The summed E-state index contributed by atoms with van der Waals surface area (Å²) in [6, 6.07) is 3.73. The van der Waals surface area contributed by atoms with Gasteiger partial charge in [-0.3, -0.25) is 18.9 Å². The molecule has 170 valence electrons. The monoisotopic (exact) mass is 427 g/mol. The lowest BCUT2D eigenvalue weighted by Crippen LogP contribution is -2.37. The van der Waals surface area contributed by atoms with Gasteiger partial charge in [-0.25, -0.2) is 4.98 Å². The number of hydrogen-bond acceptors (Lipinski definition) is 4. The Hall–Kier alpha value is -2.41. The standard InChI is InChI=1S/C24H37N5O2/c1-6-20-22(27(5)23(30)18-11-9-8-10-12-18)29-17-19(13-14-21(29)25-20)24(31)28(7-2)16-15-26(3)4/h13-14,17-18H,6-12,15-16H2,1-5H3. The van der Waals surface area contributed by atoms with Crippen LogP contribution in [0.25, 0.3) is 5.65 Å². The van der Waals surface area contributed by atoms with Gasteiger partial charge in [-0.05, 0) is 52.4 Å². The summed E-state index contributed by atoms with van der Waals surface area (Å²) in [5.74, 6) is 1.04. The van der Waals surface area contributed by atoms with E-state index in [4.69, 9.17) is 4.98 Å². The number of likely N-dealkylation sites (N-methyl/N-ethyl adjacent to an activating group) is 2. The molecule has 0 aliphatic heterocycles. The van der Waals surface area contributed by atoms with Crippen molar-refractivity contribution in [1.82, 2.24) is 19.2 Å². The van der Waals surface area contributed by atoms with E-state index in [0.717, 1.165) is 55.8 Å². The highest BCUT2D eigenvalue weighted by Crippen LogP contribution is 2.29. The van der Waals surface area contributed by atoms with Gasteiger partial charge in [0.15, 0.2) is 0 Å². The Labute approximate surface area is 186 Å². The highest BCUT2D eigenvalue weighted by atomic mass is 16.2. The Morgan fingerprint density at radius 1 is 1.06 bits per heavy atom. The van der Waals surface area contributed by atoms with Crippen LogP contribution in [0.2, 0.25) is 0 Å². The smallest absolute Gasteiger partial charge is 0.255 e. The molecular weight excluding hydrogens is 390 g/mol. The van der Waals surface area contributed by atoms with Gasteiger partial charge >= 0.3 is 0 Å². The van der Waals surface area contributed by atoms with Crippen molar-refractivity contribution < 1.29 is 9.59 Å². The van der Waals surface area contributed by atoms with Crippen LogP contribution < -0.4 is 4.90 Å². The maximum Gasteiger partial charge on any atom is 0.255 e. The van der Waals surface area contributed by atoms with Crippen molar-refractivity contribution in [2.24, 2.45) is 5.92 Å². The number of pyridine rings is 1. The summed E-state index contributed by atoms with van der Waals surface area (Å²) >= 11 is 0. The molecule has 0 bridgehead atoms. The van der Waals surface area contributed by atoms with Crippen molar-refractivity contribution in [3.63, 3.8) is 0 Å². The van der Waals surface area contributed by atoms with E-state index in [1.54, 1.807) is 4.90 Å². The van der Waals surface area contributed by atoms with E-state index in [2.05, 4.69) is 11.8 Å². The number of fused-ring (bicyclic) bond motifs is 1. The molecular formula is C24H37N5O2. The largest absolute Gasteiger partial charge is 0.338 e. The third kappa shape index (κ3) is 5.09. The molecule has 0 unspecified atom stereocenters. The van der Waals surface area contributed by atoms with E-state index in [1.807, 2.05) is 55.7 Å². The van der Waals surface area contributed by atoms with Crippen molar-refractivity contribution in [3.8, 4) is 0 Å². The van der Waals surface area contributed by atoms with Crippen molar-refractivity contribution >= 4 is 23.3 Å². The van der Waals surface area contributed by atoms with Gasteiger partial charge in [0.25, 0.3) is 5.91 Å². The zero-order valence-electron chi connectivity index (χ0n) is 19.7. The molecule has 2 heterocycles. The quantitative estimate of drug-likeness (QED) is 0.647. The second-order valence-corrected chi connectivity index (χ2v) is 8.80. The molecule has 0 spiro atoms. The molecule has 1 fully saturated rings. The summed E-state index contributed by atoms with van der Waals surface area (Å²) in [6.07, 6.45) is 7.96. The number of nitrogens with zero attached hydrogens (tertiary/aromatic N) is 5. The molecule has 1 aliphatic rings. The van der Waals surface area contributed by atoms with Crippen LogP contribution in [0.15, 0.2) is 18.3 Å². The number of carbonyl (C=O) groups excluding carboxylic acids is 2. The van der Waals surface area contributed by atoms with Gasteiger partial charge in [0.2, 0.25) is 5.91 Å². The molecule has 1 saturated carbocycles. The SMILES string of the molecule is CCc1nc2ccc(C(=O)N(CC)CCN(C)C)cn2c1N(C)C(=O)C1CCCCC1. The number of amides is 2. The fraction of sp³-hybridized carbons (Fsp3) is 0.625. The minimum Gasteiger partial charge on any atom is -0.338 e. The molecule has 0 saturated heterocycles. The number of imidazole rings is 1. The van der Waals surface area contributed by atoms with E-state index in [0.29, 0.717) is 18.7 Å². The zero-order valence-corrected chi connectivity index (χ0v) is 19.7. The van der Waals surface area contributed by atoms with Crippen LogP contribution in [-0.4, -0.2) is 71.8 Å². The van der Waals surface area contributed by atoms with Crippen LogP contribution in [0.4, 0.5) is 5.82 Å². The van der Waals surface area contributed by atoms with E-state index >= 15 is 0 Å². The molecule has 2 aromatic rings. The predicted molar refractivity (Wildman–Crippen MR) is 125 cm³/mol. The van der Waals surface area contributed by atoms with Crippen LogP contribution in [0.1, 0.15) is 62.0 Å². The highest BCUT2D eigenvalue weighted by molar-refractivity contribution is 5.96. The van der Waals surface area contributed by atoms with Crippen LogP contribution in [0.3, 0.4) is 0 Å². The highest BCUT2D eigenvalue weighted by Gasteiger charge is 2.28. The summed E-state index contributed by atoms with van der Waals surface area (Å²) in [5, 5.41) is 0. The predicted octanol–water partition coefficient (Wildman–Crippen LogP) is 3.46. The minimum absolute atomic E-state index is 0.00482. The molecule has 31 heavy (non-hydrogen) atoms. The Kier molecular flexibility index (Phi) is 7.70. The summed E-state index contributed by atoms with van der Waals surface area (Å²) in [5.41, 5.74) is 2.27. The molecule has 7 heteroatoms. The lowest BCUT2D eigenvalue weighted by molar-refractivity contribution is -0.123. The average molecular weight is 428 g/mol. The van der Waals surface area contributed by atoms with E-state index in [9.17, 15) is 9.59 Å². The lowest BCUT2D eigenvalue weighted by Gasteiger charge is -2.27. The molecule has 7 nitrogen and oxygen atoms in total. The second kappa shape index (κ2) is 10.3. The van der Waals surface area contributed by atoms with Crippen LogP contribution in [-0.2, 0) is 11.2 Å². The summed E-state index contributed by atoms with van der Waals surface area (Å²) in [6.45, 7) is 6.20. The number of aromatic nitrogens is 2. The number of hydrogen-bond donors (Lipinski definition) is 0. The van der Waals surface area contributed by atoms with E-state index in [-0.39, 0.29) is 17.7 Å². The molecule has 3 rings (SSSR count). The van der Waals surface area contributed by atoms with Crippen LogP contribution in [0, 0.1) is 5.92 Å². The van der Waals surface area contributed by atoms with Gasteiger partial charge < -0.3 is 9.80 Å². The first-order valence-corrected chi connectivity index (χ1v) is 11.6. The first-order chi connectivity index (χ1) is 14.9. The van der Waals surface area contributed by atoms with E-state index in [1.165, 1.54) is 6.42 Å². The zero-order chi connectivity index (χ0) is 22.5. The molecule has 2 amide bonds. The van der Waals surface area contributed by atoms with Gasteiger partial charge in [0, 0.05) is 38.8 Å². The van der Waals surface area contributed by atoms with Crippen molar-refractivity contribution in [2.45, 2.75) is 52.4 Å². The van der Waals surface area contributed by atoms with Gasteiger partial charge in [0.1, 0.15) is 11.5 Å². The number of anilines is 1. The Morgan fingerprint density at radius 3 is 2.39 bits per heavy atom. The molecule has 0 atom stereocenters. The molecule has 0 aromatic carbocycles. The molecule has 2 aromatic heterocycles. The van der Waals surface area contributed by atoms with Crippen LogP contribution >= 0.6 is 0 Å². The fourth-order valence-corrected chi connectivity index (χ4v) is 4.43. The van der Waals surface area contributed by atoms with Gasteiger partial charge in [0.05, 0.1) is 11.3 Å². The van der Waals surface area contributed by atoms with Gasteiger partial charge in [-0.15, -0.1) is 0 Å². The average Bonchev–Trinajstić information content (AvgIpc) is 3.16. The molecule has 0 N–H and O–H groups in total. The van der Waals surface area contributed by atoms with Crippen molar-refractivity contribution in [2.75, 3.05) is 45.7 Å². The Balaban J connectivity index is 1.94. The summed E-state index contributed by atoms with van der Waals surface area (Å²) in [4.78, 5) is 36.8. The van der Waals surface area contributed by atoms with Crippen molar-refractivity contribution in [1.29, 1.82) is 0 Å². The van der Waals surface area contributed by atoms with Gasteiger partial charge in [-0.1, -0.05) is 26.2 Å². The summed E-state index contributed by atoms with van der Waals surface area (Å²) < 4.78 is 1.92. The maximum absolute atomic E-state index is 13.2. The first kappa shape index (κ1) is 23.3. The lowest BCUT2D eigenvalue weighted by atomic mass is 9.88. The minimum atomic E-state index is 0.00482. The van der Waals surface area contributed by atoms with Crippen molar-refractivity contribution in [3.05, 3.63) is 29.6 Å². The third-order valence-electron chi connectivity index (χ3n) is 6.33. The number of rotatable bonds is 8. The normalized spacial score (nSPS) is 14.9. The van der Waals surface area contributed by atoms with Crippen LogP contribution in [0.5, 0.6) is 0 Å². The maximum atomic E-state index is 13.2. The topological polar surface area (TPSA) is 61.2 Å². The third-order valence-corrected chi connectivity index (χ3v) is 6.33. The second-order valence-electron chi connectivity index (χ2n) is 8.80. The summed E-state index contributed by atoms with van der Waals surface area (Å²) in [7, 11) is 5.87. The Morgan fingerprint density at radius 2 is 1.77 bits per heavy atom. The Bertz CT molecular complexity index is 914.